The summed E-state index contributed by atoms with van der Waals surface area (Å²) in [4.78, 5) is 0. The zero-order chi connectivity index (χ0) is 23.9. The first-order chi connectivity index (χ1) is 16.3. The summed E-state index contributed by atoms with van der Waals surface area (Å²) in [7, 11) is 0.558. The number of benzene rings is 3. The fraction of sp³-hybridized carbons (Fsp3) is 0.300. The van der Waals surface area contributed by atoms with E-state index in [1.807, 2.05) is 6.07 Å². The van der Waals surface area contributed by atoms with E-state index in [1.165, 1.54) is 62.0 Å². The lowest BCUT2D eigenvalue weighted by atomic mass is 9.96. The maximum atomic E-state index is 14.5. The van der Waals surface area contributed by atoms with Gasteiger partial charge >= 0.3 is 0 Å². The van der Waals surface area contributed by atoms with Gasteiger partial charge in [-0.25, -0.2) is 8.96 Å². The van der Waals surface area contributed by atoms with Crippen LogP contribution < -0.4 is 9.75 Å². The number of hydrogen-bond donors (Lipinski definition) is 0. The second-order valence-corrected chi connectivity index (χ2v) is 15.4. The highest BCUT2D eigenvalue weighted by Crippen LogP contribution is 2.42. The van der Waals surface area contributed by atoms with Crippen LogP contribution in [-0.2, 0) is 7.05 Å². The first-order valence-electron chi connectivity index (χ1n) is 12.6. The van der Waals surface area contributed by atoms with Gasteiger partial charge in [0.25, 0.3) is 0 Å². The van der Waals surface area contributed by atoms with Crippen LogP contribution in [0.4, 0.5) is 4.39 Å². The van der Waals surface area contributed by atoms with Crippen LogP contribution in [0.5, 0.6) is 0 Å². The Bertz CT molecular complexity index is 1750. The van der Waals surface area contributed by atoms with Gasteiger partial charge in [0.1, 0.15) is 12.9 Å². The van der Waals surface area contributed by atoms with E-state index >= 15 is 0 Å². The minimum absolute atomic E-state index is 0.179. The average Bonchev–Trinajstić information content (AvgIpc) is 3.15. The number of fused-ring (bicyclic) bond motifs is 5. The third kappa shape index (κ3) is 2.58. The van der Waals surface area contributed by atoms with Crippen molar-refractivity contribution in [2.75, 3.05) is 0 Å². The van der Waals surface area contributed by atoms with Crippen LogP contribution in [0.25, 0.3) is 49.0 Å². The molecule has 34 heavy (non-hydrogen) atoms. The van der Waals surface area contributed by atoms with Gasteiger partial charge in [-0.15, -0.1) is 0 Å². The van der Waals surface area contributed by atoms with Gasteiger partial charge in [0.15, 0.2) is 6.20 Å². The molecule has 0 N–H and O–H groups in total. The molecule has 172 valence electrons. The van der Waals surface area contributed by atoms with Crippen molar-refractivity contribution in [1.29, 1.82) is 0 Å². The number of aryl methyl sites for hydroxylation is 3. The van der Waals surface area contributed by atoms with E-state index in [4.69, 9.17) is 0 Å². The molecule has 3 aromatic heterocycles. The molecule has 0 bridgehead atoms. The predicted octanol–water partition coefficient (Wildman–Crippen LogP) is 7.29. The smallest absolute Gasteiger partial charge is 0.224 e. The van der Waals surface area contributed by atoms with E-state index in [0.29, 0.717) is 0 Å². The maximum Gasteiger partial charge on any atom is 0.224 e. The van der Waals surface area contributed by atoms with Gasteiger partial charge in [0, 0.05) is 16.8 Å². The minimum atomic E-state index is -1.60. The molecule has 0 saturated carbocycles. The standard InChI is InChI=1S/C30H32FN2Si/c1-7-34(8-2,9-3)22-15-20-12-13-32(6)30-27-19(5)18(4)14-24-23-16-21(31)10-11-25(23)33(29(24)27)26(17-22)28(20)30/h10-17H,7-9H2,1-6H3/q+1. The molecule has 6 rings (SSSR count). The van der Waals surface area contributed by atoms with Crippen LogP contribution in [0.15, 0.2) is 48.7 Å². The molecule has 6 aromatic rings. The van der Waals surface area contributed by atoms with Crippen molar-refractivity contribution in [3.8, 4) is 0 Å². The predicted molar refractivity (Wildman–Crippen MR) is 146 cm³/mol. The Kier molecular flexibility index (Phi) is 4.60. The number of aromatic nitrogens is 2. The second-order valence-electron chi connectivity index (χ2n) is 10.2. The number of nitrogens with zero attached hydrogens (tertiary/aromatic N) is 2. The third-order valence-corrected chi connectivity index (χ3v) is 14.4. The number of halogens is 1. The average molecular weight is 468 g/mol. The molecule has 0 amide bonds. The summed E-state index contributed by atoms with van der Waals surface area (Å²) in [6, 6.07) is 18.6. The van der Waals surface area contributed by atoms with E-state index in [-0.39, 0.29) is 5.82 Å². The fourth-order valence-electron chi connectivity index (χ4n) is 6.55. The monoisotopic (exact) mass is 467 g/mol. The van der Waals surface area contributed by atoms with Gasteiger partial charge in [-0.2, -0.15) is 0 Å². The van der Waals surface area contributed by atoms with Gasteiger partial charge in [0.2, 0.25) is 5.52 Å². The molecule has 0 fully saturated rings. The van der Waals surface area contributed by atoms with Crippen molar-refractivity contribution in [2.45, 2.75) is 52.8 Å². The van der Waals surface area contributed by atoms with Gasteiger partial charge in [-0.05, 0) is 60.7 Å². The molecule has 0 aliphatic rings. The number of hydrogen-bond acceptors (Lipinski definition) is 0. The largest absolute Gasteiger partial charge is 0.307 e. The van der Waals surface area contributed by atoms with Crippen molar-refractivity contribution >= 4 is 62.3 Å². The molecule has 2 nitrogen and oxygen atoms in total. The van der Waals surface area contributed by atoms with E-state index in [2.05, 4.69) is 81.1 Å². The van der Waals surface area contributed by atoms with Crippen LogP contribution >= 0.6 is 0 Å². The summed E-state index contributed by atoms with van der Waals surface area (Å²) in [5.74, 6) is -0.179. The zero-order valence-electron chi connectivity index (χ0n) is 21.0. The highest BCUT2D eigenvalue weighted by molar-refractivity contribution is 6.92. The topological polar surface area (TPSA) is 8.29 Å². The van der Waals surface area contributed by atoms with Crippen molar-refractivity contribution in [1.82, 2.24) is 4.40 Å². The lowest BCUT2D eigenvalue weighted by Gasteiger charge is -2.29. The summed E-state index contributed by atoms with van der Waals surface area (Å²) in [5.41, 5.74) is 7.39. The van der Waals surface area contributed by atoms with Gasteiger partial charge in [0.05, 0.1) is 35.4 Å². The van der Waals surface area contributed by atoms with Crippen LogP contribution in [0, 0.1) is 19.7 Å². The lowest BCUT2D eigenvalue weighted by Crippen LogP contribution is -2.45. The Balaban J connectivity index is 1.99. The fourth-order valence-corrected chi connectivity index (χ4v) is 10.2. The Morgan fingerprint density at radius 3 is 2.29 bits per heavy atom. The van der Waals surface area contributed by atoms with Crippen molar-refractivity contribution in [2.24, 2.45) is 7.05 Å². The van der Waals surface area contributed by atoms with Crippen molar-refractivity contribution < 1.29 is 8.96 Å². The zero-order valence-corrected chi connectivity index (χ0v) is 22.0. The normalized spacial score (nSPS) is 12.9. The Morgan fingerprint density at radius 1 is 0.853 bits per heavy atom. The van der Waals surface area contributed by atoms with Crippen LogP contribution in [0.3, 0.4) is 0 Å². The summed E-state index contributed by atoms with van der Waals surface area (Å²) < 4.78 is 19.2. The molecule has 0 atom stereocenters. The quantitative estimate of drug-likeness (QED) is 0.111. The first kappa shape index (κ1) is 21.5. The highest BCUT2D eigenvalue weighted by Gasteiger charge is 2.32. The molecule has 0 aliphatic heterocycles. The number of rotatable bonds is 4. The van der Waals surface area contributed by atoms with Gasteiger partial charge in [-0.3, -0.25) is 0 Å². The van der Waals surface area contributed by atoms with Gasteiger partial charge < -0.3 is 4.40 Å². The molecule has 0 radical (unpaired) electrons. The van der Waals surface area contributed by atoms with Crippen molar-refractivity contribution in [3.63, 3.8) is 0 Å². The van der Waals surface area contributed by atoms with E-state index < -0.39 is 8.07 Å². The molecule has 3 heterocycles. The van der Waals surface area contributed by atoms with E-state index in [1.54, 1.807) is 17.3 Å². The van der Waals surface area contributed by atoms with Crippen LogP contribution in [-0.4, -0.2) is 12.5 Å². The molecule has 0 spiro atoms. The highest BCUT2D eigenvalue weighted by atomic mass is 28.3. The van der Waals surface area contributed by atoms with E-state index in [9.17, 15) is 4.39 Å². The van der Waals surface area contributed by atoms with Crippen LogP contribution in [0.1, 0.15) is 31.9 Å². The minimum Gasteiger partial charge on any atom is -0.307 e. The Morgan fingerprint density at radius 2 is 1.59 bits per heavy atom. The first-order valence-corrected chi connectivity index (χ1v) is 15.2. The Labute approximate surface area is 201 Å². The summed E-state index contributed by atoms with van der Waals surface area (Å²) in [6.07, 6.45) is 2.21. The summed E-state index contributed by atoms with van der Waals surface area (Å²) in [5, 5.41) is 7.60. The molecule has 0 unspecified atom stereocenters. The Hall–Kier alpha value is -2.98. The molecule has 0 saturated heterocycles. The summed E-state index contributed by atoms with van der Waals surface area (Å²) in [6.45, 7) is 11.5. The summed E-state index contributed by atoms with van der Waals surface area (Å²) >= 11 is 0. The lowest BCUT2D eigenvalue weighted by molar-refractivity contribution is -0.643. The molecule has 3 aromatic carbocycles. The van der Waals surface area contributed by atoms with Gasteiger partial charge in [-0.1, -0.05) is 50.2 Å². The number of pyridine rings is 2. The molecular weight excluding hydrogens is 435 g/mol. The molecule has 0 aliphatic carbocycles. The van der Waals surface area contributed by atoms with Crippen LogP contribution in [0.2, 0.25) is 18.1 Å². The van der Waals surface area contributed by atoms with Crippen molar-refractivity contribution in [3.05, 3.63) is 65.6 Å². The SMILES string of the molecule is CC[Si](CC)(CC)c1cc2cc[n+](C)c3c4c(C)c(C)cc5c6cc(F)ccc6n(c(c1)c23)c54. The third-order valence-electron chi connectivity index (χ3n) is 8.87. The second kappa shape index (κ2) is 7.26. The molecule has 4 heteroatoms. The maximum absolute atomic E-state index is 14.5. The van der Waals surface area contributed by atoms with E-state index in [0.717, 1.165) is 16.3 Å². The molecular formula is C30H32FN2Si+.